The lowest BCUT2D eigenvalue weighted by atomic mass is 10.3. The van der Waals surface area contributed by atoms with Crippen molar-refractivity contribution in [3.63, 3.8) is 0 Å². The molecule has 0 radical (unpaired) electrons. The van der Waals surface area contributed by atoms with Gasteiger partial charge in [0, 0.05) is 11.3 Å². The minimum absolute atomic E-state index is 0.498. The molecule has 0 saturated heterocycles. The van der Waals surface area contributed by atoms with Gasteiger partial charge in [0.25, 0.3) is 0 Å². The topological polar surface area (TPSA) is 33.1 Å². The van der Waals surface area contributed by atoms with Crippen molar-refractivity contribution in [2.45, 2.75) is 18.9 Å². The van der Waals surface area contributed by atoms with E-state index in [0.29, 0.717) is 6.42 Å². The molecule has 1 rings (SSSR count). The normalized spacial score (nSPS) is 13.5. The molecule has 4 heteroatoms. The first kappa shape index (κ1) is 7.98. The van der Waals surface area contributed by atoms with Crippen molar-refractivity contribution in [3.05, 3.63) is 16.1 Å². The highest BCUT2D eigenvalue weighted by Gasteiger charge is 2.05. The summed E-state index contributed by atoms with van der Waals surface area (Å²) in [5, 5.41) is 8.79. The monoisotopic (exact) mass is 177 g/mol. The van der Waals surface area contributed by atoms with E-state index in [4.69, 9.17) is 16.7 Å². The zero-order valence-corrected chi connectivity index (χ0v) is 7.11. The number of aryl methyl sites for hydroxylation is 1. The van der Waals surface area contributed by atoms with Crippen LogP contribution in [0.15, 0.2) is 5.51 Å². The summed E-state index contributed by atoms with van der Waals surface area (Å²) in [7, 11) is 0. The third-order valence-corrected chi connectivity index (χ3v) is 2.31. The number of halogens is 1. The van der Waals surface area contributed by atoms with Gasteiger partial charge in [0.1, 0.15) is 5.56 Å². The average molecular weight is 178 g/mol. The summed E-state index contributed by atoms with van der Waals surface area (Å²) in [6.07, 6.45) is 0.498. The molecule has 0 spiro atoms. The molecule has 1 N–H and O–H groups in total. The number of alkyl halides is 1. The van der Waals surface area contributed by atoms with Crippen LogP contribution < -0.4 is 0 Å². The predicted molar refractivity (Wildman–Crippen MR) is 42.4 cm³/mol. The highest BCUT2D eigenvalue weighted by Crippen LogP contribution is 2.15. The van der Waals surface area contributed by atoms with Crippen molar-refractivity contribution in [2.24, 2.45) is 0 Å². The SMILES string of the molecule is Cc1ncsc1CC(O)Cl. The van der Waals surface area contributed by atoms with Gasteiger partial charge in [-0.25, -0.2) is 4.98 Å². The Morgan fingerprint density at radius 3 is 3.00 bits per heavy atom. The van der Waals surface area contributed by atoms with Crippen LogP contribution in [0.5, 0.6) is 0 Å². The van der Waals surface area contributed by atoms with Gasteiger partial charge in [0.15, 0.2) is 0 Å². The lowest BCUT2D eigenvalue weighted by molar-refractivity contribution is 0.258. The fourth-order valence-corrected chi connectivity index (χ4v) is 1.74. The van der Waals surface area contributed by atoms with Gasteiger partial charge in [-0.2, -0.15) is 0 Å². The second kappa shape index (κ2) is 3.32. The van der Waals surface area contributed by atoms with Crippen molar-refractivity contribution < 1.29 is 5.11 Å². The molecule has 0 bridgehead atoms. The van der Waals surface area contributed by atoms with E-state index in [1.165, 1.54) is 11.3 Å². The number of nitrogens with zero attached hydrogens (tertiary/aromatic N) is 1. The molecule has 0 saturated carbocycles. The van der Waals surface area contributed by atoms with Crippen LogP contribution in [0.1, 0.15) is 10.6 Å². The third-order valence-electron chi connectivity index (χ3n) is 1.20. The molecule has 1 unspecified atom stereocenters. The summed E-state index contributed by atoms with van der Waals surface area (Å²) in [5.41, 5.74) is 1.94. The third kappa shape index (κ3) is 1.94. The van der Waals surface area contributed by atoms with Crippen LogP contribution in [0.2, 0.25) is 0 Å². The van der Waals surface area contributed by atoms with E-state index in [9.17, 15) is 0 Å². The maximum atomic E-state index is 8.79. The Kier molecular flexibility index (Phi) is 2.65. The molecule has 1 aromatic rings. The Labute approximate surface area is 68.5 Å². The smallest absolute Gasteiger partial charge is 0.132 e. The van der Waals surface area contributed by atoms with E-state index < -0.39 is 5.56 Å². The van der Waals surface area contributed by atoms with Crippen LogP contribution >= 0.6 is 22.9 Å². The first-order valence-electron chi connectivity index (χ1n) is 2.91. The average Bonchev–Trinajstić information content (AvgIpc) is 2.15. The van der Waals surface area contributed by atoms with Crippen molar-refractivity contribution in [1.29, 1.82) is 0 Å². The standard InChI is InChI=1S/C6H8ClNOS/c1-4-5(2-6(7)9)10-3-8-4/h3,6,9H,2H2,1H3. The molecule has 10 heavy (non-hydrogen) atoms. The lowest BCUT2D eigenvalue weighted by Crippen LogP contribution is -1.99. The van der Waals surface area contributed by atoms with Gasteiger partial charge in [0.05, 0.1) is 11.2 Å². The lowest BCUT2D eigenvalue weighted by Gasteiger charge is -1.98. The molecule has 0 aliphatic rings. The van der Waals surface area contributed by atoms with Crippen molar-refractivity contribution >= 4 is 22.9 Å². The molecule has 2 nitrogen and oxygen atoms in total. The zero-order valence-electron chi connectivity index (χ0n) is 5.54. The van der Waals surface area contributed by atoms with Gasteiger partial charge in [0.2, 0.25) is 0 Å². The van der Waals surface area contributed by atoms with Crippen LogP contribution in [-0.2, 0) is 6.42 Å². The van der Waals surface area contributed by atoms with Crippen LogP contribution in [-0.4, -0.2) is 15.7 Å². The summed E-state index contributed by atoms with van der Waals surface area (Å²) in [6.45, 7) is 1.91. The Balaban J connectivity index is 2.65. The summed E-state index contributed by atoms with van der Waals surface area (Å²) in [4.78, 5) is 5.08. The number of hydrogen-bond donors (Lipinski definition) is 1. The molecule has 1 heterocycles. The molecule has 1 aromatic heterocycles. The van der Waals surface area contributed by atoms with E-state index in [0.717, 1.165) is 10.6 Å². The van der Waals surface area contributed by atoms with E-state index in [2.05, 4.69) is 4.98 Å². The number of aliphatic hydroxyl groups is 1. The zero-order chi connectivity index (χ0) is 7.56. The first-order valence-corrected chi connectivity index (χ1v) is 4.23. The van der Waals surface area contributed by atoms with Gasteiger partial charge in [-0.15, -0.1) is 11.3 Å². The minimum atomic E-state index is -0.779. The van der Waals surface area contributed by atoms with E-state index in [1.807, 2.05) is 6.92 Å². The summed E-state index contributed by atoms with van der Waals surface area (Å²) >= 11 is 6.90. The number of aliphatic hydroxyl groups excluding tert-OH is 1. The fourth-order valence-electron chi connectivity index (χ4n) is 0.675. The van der Waals surface area contributed by atoms with Gasteiger partial charge >= 0.3 is 0 Å². The summed E-state index contributed by atoms with van der Waals surface area (Å²) in [6, 6.07) is 0. The van der Waals surface area contributed by atoms with Crippen molar-refractivity contribution in [1.82, 2.24) is 4.98 Å². The van der Waals surface area contributed by atoms with Crippen LogP contribution in [0, 0.1) is 6.92 Å². The van der Waals surface area contributed by atoms with Gasteiger partial charge < -0.3 is 5.11 Å². The van der Waals surface area contributed by atoms with Gasteiger partial charge in [-0.3, -0.25) is 0 Å². The molecular weight excluding hydrogens is 170 g/mol. The molecule has 1 atom stereocenters. The Hall–Kier alpha value is -0.120. The molecule has 0 amide bonds. The van der Waals surface area contributed by atoms with Gasteiger partial charge in [-0.1, -0.05) is 11.6 Å². The second-order valence-electron chi connectivity index (χ2n) is 2.00. The van der Waals surface area contributed by atoms with E-state index >= 15 is 0 Å². The molecule has 56 valence electrons. The quantitative estimate of drug-likeness (QED) is 0.696. The number of hydrogen-bond acceptors (Lipinski definition) is 3. The highest BCUT2D eigenvalue weighted by atomic mass is 35.5. The minimum Gasteiger partial charge on any atom is -0.377 e. The molecule has 0 aliphatic carbocycles. The number of thiazole rings is 1. The Bertz CT molecular complexity index is 211. The number of rotatable bonds is 2. The van der Waals surface area contributed by atoms with Crippen LogP contribution in [0.25, 0.3) is 0 Å². The maximum Gasteiger partial charge on any atom is 0.132 e. The second-order valence-corrected chi connectivity index (χ2v) is 3.44. The van der Waals surface area contributed by atoms with Crippen molar-refractivity contribution in [2.75, 3.05) is 0 Å². The highest BCUT2D eigenvalue weighted by molar-refractivity contribution is 7.09. The molecule has 0 fully saturated rings. The number of aromatic nitrogens is 1. The molecule has 0 aromatic carbocycles. The van der Waals surface area contributed by atoms with Gasteiger partial charge in [-0.05, 0) is 6.92 Å². The molecular formula is C6H8ClNOS. The van der Waals surface area contributed by atoms with E-state index in [-0.39, 0.29) is 0 Å². The van der Waals surface area contributed by atoms with Crippen LogP contribution in [0.4, 0.5) is 0 Å². The predicted octanol–water partition coefficient (Wildman–Crippen LogP) is 1.55. The Morgan fingerprint density at radius 1 is 1.90 bits per heavy atom. The largest absolute Gasteiger partial charge is 0.377 e. The maximum absolute atomic E-state index is 8.79. The van der Waals surface area contributed by atoms with Crippen LogP contribution in [0.3, 0.4) is 0 Å². The first-order chi connectivity index (χ1) is 4.70. The van der Waals surface area contributed by atoms with Crippen molar-refractivity contribution in [3.8, 4) is 0 Å². The Morgan fingerprint density at radius 2 is 2.60 bits per heavy atom. The summed E-state index contributed by atoms with van der Waals surface area (Å²) in [5.74, 6) is 0. The van der Waals surface area contributed by atoms with E-state index in [1.54, 1.807) is 5.51 Å². The molecule has 0 aliphatic heterocycles. The summed E-state index contributed by atoms with van der Waals surface area (Å²) < 4.78 is 0. The fraction of sp³-hybridized carbons (Fsp3) is 0.500.